The molecule has 0 saturated carbocycles. The Labute approximate surface area is 216 Å². The Morgan fingerprint density at radius 2 is 1.82 bits per heavy atom. The van der Waals surface area contributed by atoms with Gasteiger partial charge in [-0.15, -0.1) is 0 Å². The molecule has 5 N–H and O–H groups in total. The zero-order chi connectivity index (χ0) is 28.5. The number of ether oxygens (including phenoxy) is 3. The van der Waals surface area contributed by atoms with Crippen LogP contribution in [0.3, 0.4) is 0 Å². The quantitative estimate of drug-likeness (QED) is 0.139. The summed E-state index contributed by atoms with van der Waals surface area (Å²) in [7, 11) is -5.02. The zero-order valence-electron chi connectivity index (χ0n) is 20.1. The van der Waals surface area contributed by atoms with Crippen LogP contribution in [-0.2, 0) is 32.6 Å². The van der Waals surface area contributed by atoms with Gasteiger partial charge in [0.05, 0.1) is 12.7 Å². The minimum absolute atomic E-state index is 0.0613. The maximum atomic E-state index is 12.7. The number of hydrogen-bond donors (Lipinski definition) is 5. The van der Waals surface area contributed by atoms with Crippen LogP contribution in [0.5, 0.6) is 0 Å². The van der Waals surface area contributed by atoms with Crippen LogP contribution >= 0.6 is 7.82 Å². The topological polar surface area (TPSA) is 251 Å². The first-order valence-corrected chi connectivity index (χ1v) is 12.9. The number of rotatable bonds is 10. The van der Waals surface area contributed by atoms with E-state index in [1.165, 1.54) is 13.1 Å². The van der Waals surface area contributed by atoms with Gasteiger partial charge in [0.15, 0.2) is 6.23 Å². The van der Waals surface area contributed by atoms with Crippen molar-refractivity contribution >= 4 is 14.3 Å². The molecule has 0 bridgehead atoms. The van der Waals surface area contributed by atoms with Crippen molar-refractivity contribution in [2.45, 2.75) is 56.3 Å². The molecule has 0 amide bonds. The van der Waals surface area contributed by atoms with Crippen molar-refractivity contribution < 1.29 is 47.7 Å². The van der Waals surface area contributed by atoms with Crippen molar-refractivity contribution in [2.75, 3.05) is 13.2 Å². The molecule has 2 saturated heterocycles. The average Bonchev–Trinajstić information content (AvgIpc) is 3.38. The maximum Gasteiger partial charge on any atom is 0.472 e. The highest BCUT2D eigenvalue weighted by molar-refractivity contribution is 7.47. The number of carbonyl (C=O) groups is 1. The third kappa shape index (κ3) is 6.34. The monoisotopic (exact) mass is 576 g/mol. The van der Waals surface area contributed by atoms with Gasteiger partial charge in [-0.3, -0.25) is 42.5 Å². The van der Waals surface area contributed by atoms with Gasteiger partial charge in [0.2, 0.25) is 0 Å². The highest BCUT2D eigenvalue weighted by Gasteiger charge is 2.50. The van der Waals surface area contributed by atoms with E-state index in [9.17, 15) is 43.6 Å². The summed E-state index contributed by atoms with van der Waals surface area (Å²) in [6, 6.07) is 0.977. The lowest BCUT2D eigenvalue weighted by molar-refractivity contribution is -0.135. The lowest BCUT2D eigenvalue weighted by Gasteiger charge is -2.24. The highest BCUT2D eigenvalue weighted by Crippen LogP contribution is 2.49. The first-order valence-electron chi connectivity index (χ1n) is 11.4. The summed E-state index contributed by atoms with van der Waals surface area (Å²) in [6.45, 7) is 0.294. The Bertz CT molecular complexity index is 1480. The van der Waals surface area contributed by atoms with Crippen LogP contribution in [0.25, 0.3) is 0 Å². The molecule has 2 aromatic heterocycles. The molecule has 6 unspecified atom stereocenters. The number of nitrogens with one attached hydrogen (secondary N) is 2. The number of aliphatic hydroxyl groups excluding tert-OH is 2. The molecule has 4 rings (SSSR count). The number of aliphatic hydroxyl groups is 2. The van der Waals surface area contributed by atoms with E-state index in [1.807, 2.05) is 4.98 Å². The number of carbonyl (C=O) groups excluding carboxylic acids is 1. The Balaban J connectivity index is 1.44. The molecule has 0 spiro atoms. The molecule has 39 heavy (non-hydrogen) atoms. The van der Waals surface area contributed by atoms with Gasteiger partial charge in [0.25, 0.3) is 17.6 Å². The van der Waals surface area contributed by atoms with E-state index in [0.29, 0.717) is 0 Å². The molecular weight excluding hydrogens is 551 g/mol. The predicted octanol–water partition coefficient (Wildman–Crippen LogP) is -3.02. The van der Waals surface area contributed by atoms with Crippen LogP contribution in [0, 0.1) is 6.92 Å². The highest BCUT2D eigenvalue weighted by atomic mass is 31.2. The summed E-state index contributed by atoms with van der Waals surface area (Å²) in [5.74, 6) is 0. The van der Waals surface area contributed by atoms with Gasteiger partial charge in [-0.2, -0.15) is 0 Å². The number of hydrogen-bond acceptors (Lipinski definition) is 13. The minimum Gasteiger partial charge on any atom is -0.465 e. The summed E-state index contributed by atoms with van der Waals surface area (Å²) in [5, 5.41) is 21.1. The Morgan fingerprint density at radius 1 is 1.10 bits per heavy atom. The fourth-order valence-electron chi connectivity index (χ4n) is 4.16. The molecular formula is C20H25N4O14P. The van der Waals surface area contributed by atoms with Crippen LogP contribution in [0.2, 0.25) is 0 Å². The molecule has 2 aliphatic heterocycles. The van der Waals surface area contributed by atoms with Gasteiger partial charge in [0, 0.05) is 30.4 Å². The normalized spacial score (nSPS) is 30.2. The lowest BCUT2D eigenvalue weighted by atomic mass is 10.1. The van der Waals surface area contributed by atoms with Crippen molar-refractivity contribution in [3.8, 4) is 0 Å². The summed E-state index contributed by atoms with van der Waals surface area (Å²) in [5.41, 5.74) is -2.83. The van der Waals surface area contributed by atoms with E-state index in [4.69, 9.17) is 18.5 Å². The van der Waals surface area contributed by atoms with Crippen molar-refractivity contribution in [1.82, 2.24) is 19.1 Å². The van der Waals surface area contributed by atoms with Gasteiger partial charge < -0.3 is 29.3 Å². The predicted molar refractivity (Wildman–Crippen MR) is 124 cm³/mol. The fourth-order valence-corrected chi connectivity index (χ4v) is 5.13. The van der Waals surface area contributed by atoms with Gasteiger partial charge in [-0.1, -0.05) is 0 Å². The summed E-state index contributed by atoms with van der Waals surface area (Å²) in [4.78, 5) is 72.2. The number of nitrogens with zero attached hydrogens (tertiary/aromatic N) is 2. The van der Waals surface area contributed by atoms with Crippen LogP contribution < -0.4 is 22.5 Å². The van der Waals surface area contributed by atoms with E-state index in [2.05, 4.69) is 9.72 Å². The van der Waals surface area contributed by atoms with E-state index >= 15 is 0 Å². The molecule has 0 radical (unpaired) electrons. The molecule has 0 aromatic carbocycles. The smallest absolute Gasteiger partial charge is 0.465 e. The summed E-state index contributed by atoms with van der Waals surface area (Å²) < 4.78 is 40.3. The molecule has 8 atom stereocenters. The second-order valence-corrected chi connectivity index (χ2v) is 10.2. The van der Waals surface area contributed by atoms with Gasteiger partial charge >= 0.3 is 19.2 Å². The molecule has 2 aliphatic rings. The molecule has 0 aliphatic carbocycles. The van der Waals surface area contributed by atoms with E-state index in [0.717, 1.165) is 21.4 Å². The number of phosphoric ester groups is 1. The Morgan fingerprint density at radius 3 is 2.51 bits per heavy atom. The van der Waals surface area contributed by atoms with Crippen LogP contribution in [0.4, 0.5) is 0 Å². The van der Waals surface area contributed by atoms with Gasteiger partial charge in [-0.25, -0.2) is 14.2 Å². The Hall–Kier alpha value is -3.22. The SMILES string of the molecule is Cc1cn([C@H]2C[C@@H](O)C(COP(=O)(O)OC3C(COC=O)OC(n4ccc(=O)[nH]c4=O)C3O)O2)c(=O)[nH]c1=O. The van der Waals surface area contributed by atoms with Gasteiger partial charge in [-0.05, 0) is 6.92 Å². The third-order valence-electron chi connectivity index (χ3n) is 6.08. The zero-order valence-corrected chi connectivity index (χ0v) is 21.0. The summed E-state index contributed by atoms with van der Waals surface area (Å²) >= 11 is 0. The molecule has 214 valence electrons. The number of phosphoric acid groups is 1. The molecule has 2 fully saturated rings. The first-order chi connectivity index (χ1) is 18.4. The lowest BCUT2D eigenvalue weighted by Crippen LogP contribution is -2.39. The first kappa shape index (κ1) is 28.8. The third-order valence-corrected chi connectivity index (χ3v) is 7.07. The second-order valence-electron chi connectivity index (χ2n) is 8.75. The van der Waals surface area contributed by atoms with E-state index in [1.54, 1.807) is 0 Å². The molecule has 18 nitrogen and oxygen atoms in total. The van der Waals surface area contributed by atoms with Crippen LogP contribution in [0.15, 0.2) is 37.6 Å². The number of aromatic amines is 2. The average molecular weight is 576 g/mol. The maximum absolute atomic E-state index is 12.7. The second kappa shape index (κ2) is 11.5. The van der Waals surface area contributed by atoms with E-state index < -0.39 is 86.5 Å². The molecule has 2 aromatic rings. The summed E-state index contributed by atoms with van der Waals surface area (Å²) in [6.07, 6.45) is -7.55. The van der Waals surface area contributed by atoms with Crippen molar-refractivity contribution in [3.05, 3.63) is 65.7 Å². The number of aromatic nitrogens is 4. The van der Waals surface area contributed by atoms with Crippen molar-refractivity contribution in [1.29, 1.82) is 0 Å². The Kier molecular flexibility index (Phi) is 8.48. The number of H-pyrrole nitrogens is 2. The van der Waals surface area contributed by atoms with Crippen molar-refractivity contribution in [3.63, 3.8) is 0 Å². The van der Waals surface area contributed by atoms with Gasteiger partial charge in [0.1, 0.15) is 37.3 Å². The molecule has 4 heterocycles. The van der Waals surface area contributed by atoms with Crippen molar-refractivity contribution in [2.24, 2.45) is 0 Å². The fraction of sp³-hybridized carbons (Fsp3) is 0.550. The minimum atomic E-state index is -5.02. The number of aryl methyl sites for hydroxylation is 1. The molecule has 19 heteroatoms. The largest absolute Gasteiger partial charge is 0.472 e. The van der Waals surface area contributed by atoms with Crippen LogP contribution in [0.1, 0.15) is 24.4 Å². The van der Waals surface area contributed by atoms with E-state index in [-0.39, 0.29) is 18.5 Å². The van der Waals surface area contributed by atoms with Crippen LogP contribution in [-0.4, -0.2) is 84.4 Å². The standard InChI is InChI=1S/C20H25N4O14P/c1-9-5-24(20(31)22-17(9)29)14-4-10(26)11(36-14)7-35-39(32,33)38-16-12(6-34-8-25)37-18(15(16)28)23-3-2-13(27)21-19(23)30/h2-3,5,8,10-12,14-16,18,26,28H,4,6-7H2,1H3,(H,32,33)(H,21,27,30)(H,22,29,31)/t10-,11?,12?,14-,15?,16?,18?/m1/s1.